The fourth-order valence-electron chi connectivity index (χ4n) is 1.74. The molecule has 1 aliphatic heterocycles. The van der Waals surface area contributed by atoms with E-state index >= 15 is 0 Å². The monoisotopic (exact) mass is 140 g/mol. The number of fused-ring (bicyclic) bond motifs is 1. The fraction of sp³-hybridized carbons (Fsp3) is 0.750. The maximum atomic E-state index is 9.10. The smallest absolute Gasteiger partial charge is 0.197 e. The highest BCUT2D eigenvalue weighted by molar-refractivity contribution is 5.06. The van der Waals surface area contributed by atoms with Crippen LogP contribution >= 0.6 is 0 Å². The summed E-state index contributed by atoms with van der Waals surface area (Å²) in [6, 6.07) is 0. The molecule has 10 heavy (non-hydrogen) atoms. The lowest BCUT2D eigenvalue weighted by Crippen LogP contribution is -2.02. The molecule has 0 radical (unpaired) electrons. The number of aliphatic hydroxyl groups is 1. The predicted molar refractivity (Wildman–Crippen MR) is 37.1 cm³/mol. The van der Waals surface area contributed by atoms with E-state index in [2.05, 4.69) is 6.08 Å². The molecule has 0 spiro atoms. The maximum Gasteiger partial charge on any atom is 0.197 e. The van der Waals surface area contributed by atoms with Crippen LogP contribution in [0.15, 0.2) is 11.8 Å². The van der Waals surface area contributed by atoms with Crippen molar-refractivity contribution in [2.75, 3.05) is 0 Å². The second kappa shape index (κ2) is 2.27. The molecule has 2 atom stereocenters. The van der Waals surface area contributed by atoms with Crippen molar-refractivity contribution in [3.8, 4) is 0 Å². The molecule has 0 aromatic carbocycles. The first-order valence-corrected chi connectivity index (χ1v) is 3.91. The number of rotatable bonds is 0. The third-order valence-electron chi connectivity index (χ3n) is 2.26. The van der Waals surface area contributed by atoms with Gasteiger partial charge in [-0.25, -0.2) is 0 Å². The normalized spacial score (nSPS) is 38.3. The second-order valence-corrected chi connectivity index (χ2v) is 3.04. The van der Waals surface area contributed by atoms with Gasteiger partial charge in [0.15, 0.2) is 6.29 Å². The van der Waals surface area contributed by atoms with Gasteiger partial charge in [0.1, 0.15) is 0 Å². The van der Waals surface area contributed by atoms with Crippen LogP contribution in [0.4, 0.5) is 0 Å². The number of hydrogen-bond acceptors (Lipinski definition) is 2. The van der Waals surface area contributed by atoms with Gasteiger partial charge in [-0.05, 0) is 25.3 Å². The summed E-state index contributed by atoms with van der Waals surface area (Å²) in [6.07, 6.45) is 5.98. The van der Waals surface area contributed by atoms with Crippen LogP contribution in [0.1, 0.15) is 25.7 Å². The van der Waals surface area contributed by atoms with Crippen LogP contribution in [0.3, 0.4) is 0 Å². The average Bonchev–Trinajstić information content (AvgIpc) is 2.27. The van der Waals surface area contributed by atoms with Gasteiger partial charge in [-0.1, -0.05) is 0 Å². The summed E-state index contributed by atoms with van der Waals surface area (Å²) < 4.78 is 5.18. The first kappa shape index (κ1) is 6.23. The minimum atomic E-state index is -0.519. The zero-order chi connectivity index (χ0) is 6.97. The van der Waals surface area contributed by atoms with Crippen LogP contribution in [0.2, 0.25) is 0 Å². The van der Waals surface area contributed by atoms with Crippen molar-refractivity contribution in [3.05, 3.63) is 11.8 Å². The minimum Gasteiger partial charge on any atom is -0.470 e. The van der Waals surface area contributed by atoms with Crippen molar-refractivity contribution in [1.29, 1.82) is 0 Å². The quantitative estimate of drug-likeness (QED) is 0.551. The standard InChI is InChI=1S/C8H12O2/c9-8-5-6-3-1-2-4-7(6)10-8/h4,6,8-9H,1-3,5H2. The van der Waals surface area contributed by atoms with Gasteiger partial charge >= 0.3 is 0 Å². The van der Waals surface area contributed by atoms with Crippen LogP contribution in [-0.4, -0.2) is 11.4 Å². The molecule has 2 rings (SSSR count). The van der Waals surface area contributed by atoms with E-state index in [0.29, 0.717) is 5.92 Å². The largest absolute Gasteiger partial charge is 0.470 e. The van der Waals surface area contributed by atoms with Gasteiger partial charge in [-0.15, -0.1) is 0 Å². The second-order valence-electron chi connectivity index (χ2n) is 3.04. The highest BCUT2D eigenvalue weighted by Gasteiger charge is 2.30. The van der Waals surface area contributed by atoms with Crippen molar-refractivity contribution in [2.24, 2.45) is 5.92 Å². The van der Waals surface area contributed by atoms with Crippen molar-refractivity contribution in [2.45, 2.75) is 32.0 Å². The lowest BCUT2D eigenvalue weighted by molar-refractivity contribution is -0.0353. The zero-order valence-electron chi connectivity index (χ0n) is 5.92. The van der Waals surface area contributed by atoms with Gasteiger partial charge in [0.25, 0.3) is 0 Å². The molecule has 0 saturated carbocycles. The van der Waals surface area contributed by atoms with Crippen molar-refractivity contribution in [3.63, 3.8) is 0 Å². The molecular formula is C8H12O2. The van der Waals surface area contributed by atoms with E-state index in [1.54, 1.807) is 0 Å². The molecule has 1 saturated heterocycles. The van der Waals surface area contributed by atoms with Crippen molar-refractivity contribution >= 4 is 0 Å². The van der Waals surface area contributed by atoms with E-state index in [1.807, 2.05) is 0 Å². The molecule has 0 bridgehead atoms. The van der Waals surface area contributed by atoms with Crippen molar-refractivity contribution < 1.29 is 9.84 Å². The van der Waals surface area contributed by atoms with E-state index in [0.717, 1.165) is 18.6 Å². The van der Waals surface area contributed by atoms with Crippen LogP contribution in [0.5, 0.6) is 0 Å². The van der Waals surface area contributed by atoms with E-state index in [1.165, 1.54) is 12.8 Å². The average molecular weight is 140 g/mol. The third kappa shape index (κ3) is 0.926. The Kier molecular flexibility index (Phi) is 1.42. The summed E-state index contributed by atoms with van der Waals surface area (Å²) in [5.41, 5.74) is 0. The summed E-state index contributed by atoms with van der Waals surface area (Å²) in [5.74, 6) is 1.57. The molecule has 0 aromatic rings. The van der Waals surface area contributed by atoms with Crippen LogP contribution < -0.4 is 0 Å². The van der Waals surface area contributed by atoms with Gasteiger partial charge in [-0.3, -0.25) is 0 Å². The summed E-state index contributed by atoms with van der Waals surface area (Å²) in [4.78, 5) is 0. The van der Waals surface area contributed by atoms with E-state index < -0.39 is 6.29 Å². The molecule has 2 heteroatoms. The lowest BCUT2D eigenvalue weighted by Gasteiger charge is -2.13. The minimum absolute atomic E-state index is 0.519. The Bertz CT molecular complexity index is 163. The van der Waals surface area contributed by atoms with Gasteiger partial charge in [0.05, 0.1) is 5.76 Å². The summed E-state index contributed by atoms with van der Waals surface area (Å²) in [7, 11) is 0. The number of allylic oxidation sites excluding steroid dienone is 2. The predicted octanol–water partition coefficient (Wildman–Crippen LogP) is 1.41. The van der Waals surface area contributed by atoms with Gasteiger partial charge in [-0.2, -0.15) is 0 Å². The molecular weight excluding hydrogens is 128 g/mol. The number of hydrogen-bond donors (Lipinski definition) is 1. The molecule has 2 nitrogen and oxygen atoms in total. The Labute approximate surface area is 60.5 Å². The Morgan fingerprint density at radius 3 is 3.30 bits per heavy atom. The van der Waals surface area contributed by atoms with E-state index in [-0.39, 0.29) is 0 Å². The Balaban J connectivity index is 2.13. The van der Waals surface area contributed by atoms with Crippen LogP contribution in [-0.2, 0) is 4.74 Å². The van der Waals surface area contributed by atoms with Crippen LogP contribution in [0, 0.1) is 5.92 Å². The Morgan fingerprint density at radius 1 is 1.60 bits per heavy atom. The van der Waals surface area contributed by atoms with Gasteiger partial charge in [0, 0.05) is 12.3 Å². The molecule has 1 fully saturated rings. The van der Waals surface area contributed by atoms with Gasteiger partial charge in [0.2, 0.25) is 0 Å². The third-order valence-corrected chi connectivity index (χ3v) is 2.26. The molecule has 2 unspecified atom stereocenters. The molecule has 1 aliphatic carbocycles. The molecule has 56 valence electrons. The summed E-state index contributed by atoms with van der Waals surface area (Å²) in [6.45, 7) is 0. The van der Waals surface area contributed by atoms with Gasteiger partial charge < -0.3 is 9.84 Å². The first-order valence-electron chi connectivity index (χ1n) is 3.91. The van der Waals surface area contributed by atoms with E-state index in [4.69, 9.17) is 9.84 Å². The highest BCUT2D eigenvalue weighted by Crippen LogP contribution is 2.35. The topological polar surface area (TPSA) is 29.5 Å². The van der Waals surface area contributed by atoms with Crippen LogP contribution in [0.25, 0.3) is 0 Å². The first-order chi connectivity index (χ1) is 4.86. The highest BCUT2D eigenvalue weighted by atomic mass is 16.6. The fourth-order valence-corrected chi connectivity index (χ4v) is 1.74. The number of aliphatic hydroxyl groups excluding tert-OH is 1. The SMILES string of the molecule is OC1CC2CCCC=C2O1. The van der Waals surface area contributed by atoms with Crippen molar-refractivity contribution in [1.82, 2.24) is 0 Å². The van der Waals surface area contributed by atoms with E-state index in [9.17, 15) is 0 Å². The Morgan fingerprint density at radius 2 is 2.50 bits per heavy atom. The maximum absolute atomic E-state index is 9.10. The molecule has 2 aliphatic rings. The summed E-state index contributed by atoms with van der Waals surface area (Å²) >= 11 is 0. The molecule has 0 aromatic heterocycles. The molecule has 1 N–H and O–H groups in total. The summed E-state index contributed by atoms with van der Waals surface area (Å²) in [5, 5.41) is 9.10. The number of ether oxygens (including phenoxy) is 1. The molecule has 0 amide bonds. The molecule has 1 heterocycles. The Hall–Kier alpha value is -0.500. The lowest BCUT2D eigenvalue weighted by atomic mass is 9.93. The zero-order valence-corrected chi connectivity index (χ0v) is 5.92.